The van der Waals surface area contributed by atoms with Crippen molar-refractivity contribution in [1.82, 2.24) is 4.31 Å². The van der Waals surface area contributed by atoms with E-state index in [1.54, 1.807) is 12.3 Å². The number of hydrogen-bond donors (Lipinski definition) is 0. The Morgan fingerprint density at radius 3 is 2.79 bits per heavy atom. The monoisotopic (exact) mass is 231 g/mol. The van der Waals surface area contributed by atoms with Crippen molar-refractivity contribution in [3.05, 3.63) is 16.3 Å². The van der Waals surface area contributed by atoms with E-state index < -0.39 is 16.1 Å². The molecule has 0 fully saturated rings. The first-order valence-corrected chi connectivity index (χ1v) is 6.38. The highest BCUT2D eigenvalue weighted by molar-refractivity contribution is 7.89. The third-order valence-corrected chi connectivity index (χ3v) is 5.46. The van der Waals surface area contributed by atoms with Crippen LogP contribution in [0.3, 0.4) is 0 Å². The fourth-order valence-corrected chi connectivity index (χ4v) is 4.15. The molecule has 0 saturated carbocycles. The number of nitrogens with zero attached hydrogens (tertiary/aromatic N) is 1. The number of sulfonamides is 1. The van der Waals surface area contributed by atoms with Gasteiger partial charge in [-0.3, -0.25) is 4.79 Å². The van der Waals surface area contributed by atoms with Crippen molar-refractivity contribution in [3.8, 4) is 0 Å². The van der Waals surface area contributed by atoms with Gasteiger partial charge >= 0.3 is 0 Å². The van der Waals surface area contributed by atoms with Gasteiger partial charge in [0.15, 0.2) is 5.78 Å². The molecule has 1 aliphatic rings. The van der Waals surface area contributed by atoms with E-state index in [1.807, 2.05) is 0 Å². The third-order valence-electron chi connectivity index (χ3n) is 2.43. The number of Topliss-reactive ketones (excluding diaryl/α,β-unsaturated/α-hetero) is 1. The summed E-state index contributed by atoms with van der Waals surface area (Å²) in [5, 5.41) is 1.63. The molecule has 76 valence electrons. The van der Waals surface area contributed by atoms with Gasteiger partial charge in [-0.25, -0.2) is 8.42 Å². The van der Waals surface area contributed by atoms with Crippen molar-refractivity contribution in [3.63, 3.8) is 0 Å². The SMILES string of the molecule is CC1C(=O)c2sccc2S(=O)(=O)N1C. The molecule has 0 N–H and O–H groups in total. The molecular formula is C8H9NO3S2. The number of rotatable bonds is 0. The standard InChI is InChI=1S/C8H9NO3S2/c1-5-7(10)8-6(3-4-13-8)14(11,12)9(5)2/h3-5H,1-2H3. The van der Waals surface area contributed by atoms with E-state index in [0.29, 0.717) is 4.88 Å². The zero-order valence-electron chi connectivity index (χ0n) is 7.72. The van der Waals surface area contributed by atoms with E-state index in [4.69, 9.17) is 0 Å². The third kappa shape index (κ3) is 1.08. The largest absolute Gasteiger partial charge is 0.291 e. The summed E-state index contributed by atoms with van der Waals surface area (Å²) >= 11 is 1.19. The summed E-state index contributed by atoms with van der Waals surface area (Å²) in [6.45, 7) is 1.60. The second-order valence-corrected chi connectivity index (χ2v) is 6.06. The van der Waals surface area contributed by atoms with E-state index in [0.717, 1.165) is 4.31 Å². The fourth-order valence-electron chi connectivity index (χ4n) is 1.40. The van der Waals surface area contributed by atoms with Crippen LogP contribution in [0.25, 0.3) is 0 Å². The van der Waals surface area contributed by atoms with Crippen LogP contribution in [0.5, 0.6) is 0 Å². The molecular weight excluding hydrogens is 222 g/mol. The van der Waals surface area contributed by atoms with Crippen molar-refractivity contribution >= 4 is 27.1 Å². The topological polar surface area (TPSA) is 54.5 Å². The highest BCUT2D eigenvalue weighted by Gasteiger charge is 2.39. The lowest BCUT2D eigenvalue weighted by atomic mass is 10.2. The van der Waals surface area contributed by atoms with Gasteiger partial charge in [0, 0.05) is 7.05 Å². The predicted molar refractivity (Wildman–Crippen MR) is 53.1 cm³/mol. The van der Waals surface area contributed by atoms with Crippen LogP contribution in [0.2, 0.25) is 0 Å². The molecule has 0 spiro atoms. The Morgan fingerprint density at radius 2 is 2.14 bits per heavy atom. The summed E-state index contributed by atoms with van der Waals surface area (Å²) in [5.41, 5.74) is 0. The van der Waals surface area contributed by atoms with Gasteiger partial charge in [0.2, 0.25) is 10.0 Å². The Kier molecular flexibility index (Phi) is 2.02. The minimum absolute atomic E-state index is 0.118. The van der Waals surface area contributed by atoms with Crippen LogP contribution in [0.15, 0.2) is 16.3 Å². The van der Waals surface area contributed by atoms with Crippen molar-refractivity contribution < 1.29 is 13.2 Å². The molecule has 2 heterocycles. The van der Waals surface area contributed by atoms with E-state index in [1.165, 1.54) is 24.5 Å². The maximum absolute atomic E-state index is 11.8. The summed E-state index contributed by atoms with van der Waals surface area (Å²) in [6.07, 6.45) is 0. The smallest absolute Gasteiger partial charge is 0.245 e. The Hall–Kier alpha value is -0.720. The van der Waals surface area contributed by atoms with Crippen LogP contribution in [0.1, 0.15) is 16.6 Å². The lowest BCUT2D eigenvalue weighted by molar-refractivity contribution is 0.0912. The molecule has 1 unspecified atom stereocenters. The maximum atomic E-state index is 11.8. The number of carbonyl (C=O) groups is 1. The minimum Gasteiger partial charge on any atom is -0.291 e. The molecule has 6 heteroatoms. The molecule has 0 radical (unpaired) electrons. The summed E-state index contributed by atoms with van der Waals surface area (Å²) in [5.74, 6) is -0.118. The number of hydrogen-bond acceptors (Lipinski definition) is 4. The molecule has 2 rings (SSSR count). The quantitative estimate of drug-likeness (QED) is 0.668. The van der Waals surface area contributed by atoms with E-state index in [9.17, 15) is 13.2 Å². The van der Waals surface area contributed by atoms with Crippen LogP contribution in [0.4, 0.5) is 0 Å². The predicted octanol–water partition coefficient (Wildman–Crippen LogP) is 0.953. The Bertz CT molecular complexity index is 488. The zero-order valence-corrected chi connectivity index (χ0v) is 9.35. The number of thiophene rings is 1. The Labute approximate surface area is 86.2 Å². The van der Waals surface area contributed by atoms with Gasteiger partial charge in [-0.15, -0.1) is 11.3 Å². The van der Waals surface area contributed by atoms with Gasteiger partial charge in [-0.2, -0.15) is 4.31 Å². The normalized spacial score (nSPS) is 26.1. The van der Waals surface area contributed by atoms with E-state index in [-0.39, 0.29) is 10.7 Å². The molecule has 0 amide bonds. The minimum atomic E-state index is -3.44. The average Bonchev–Trinajstić information content (AvgIpc) is 2.61. The first kappa shape index (κ1) is 9.82. The fraction of sp³-hybridized carbons (Fsp3) is 0.375. The number of ketones is 1. The van der Waals surface area contributed by atoms with Crippen molar-refractivity contribution in [1.29, 1.82) is 0 Å². The highest BCUT2D eigenvalue weighted by atomic mass is 32.2. The van der Waals surface area contributed by atoms with Crippen LogP contribution < -0.4 is 0 Å². The molecule has 1 atom stereocenters. The van der Waals surface area contributed by atoms with Gasteiger partial charge < -0.3 is 0 Å². The molecule has 0 saturated heterocycles. The van der Waals surface area contributed by atoms with Gasteiger partial charge in [0.1, 0.15) is 4.90 Å². The first-order chi connectivity index (χ1) is 6.46. The Morgan fingerprint density at radius 1 is 1.50 bits per heavy atom. The molecule has 0 bridgehead atoms. The van der Waals surface area contributed by atoms with Crippen molar-refractivity contribution in [2.24, 2.45) is 0 Å². The van der Waals surface area contributed by atoms with Crippen LogP contribution in [-0.4, -0.2) is 31.6 Å². The van der Waals surface area contributed by atoms with E-state index >= 15 is 0 Å². The number of likely N-dealkylation sites (N-methyl/N-ethyl adjacent to an activating group) is 1. The molecule has 0 aliphatic carbocycles. The first-order valence-electron chi connectivity index (χ1n) is 4.06. The summed E-state index contributed by atoms with van der Waals surface area (Å²) in [7, 11) is -2.01. The van der Waals surface area contributed by atoms with Crippen LogP contribution in [-0.2, 0) is 10.0 Å². The van der Waals surface area contributed by atoms with Gasteiger partial charge in [-0.05, 0) is 18.4 Å². The number of fused-ring (bicyclic) bond motifs is 1. The van der Waals surface area contributed by atoms with Gasteiger partial charge in [-0.1, -0.05) is 0 Å². The average molecular weight is 231 g/mol. The number of carbonyl (C=O) groups excluding carboxylic acids is 1. The van der Waals surface area contributed by atoms with E-state index in [2.05, 4.69) is 0 Å². The maximum Gasteiger partial charge on any atom is 0.245 e. The lowest BCUT2D eigenvalue weighted by Crippen LogP contribution is -2.44. The van der Waals surface area contributed by atoms with Gasteiger partial charge in [0.05, 0.1) is 10.9 Å². The van der Waals surface area contributed by atoms with Gasteiger partial charge in [0.25, 0.3) is 0 Å². The molecule has 14 heavy (non-hydrogen) atoms. The van der Waals surface area contributed by atoms with Crippen molar-refractivity contribution in [2.45, 2.75) is 17.9 Å². The molecule has 1 aromatic heterocycles. The molecule has 0 aromatic carbocycles. The zero-order chi connectivity index (χ0) is 10.5. The summed E-state index contributed by atoms with van der Waals surface area (Å²) in [6, 6.07) is 0.890. The Balaban J connectivity index is 2.75. The van der Waals surface area contributed by atoms with Crippen molar-refractivity contribution in [2.75, 3.05) is 7.05 Å². The molecule has 1 aromatic rings. The summed E-state index contributed by atoms with van der Waals surface area (Å²) in [4.78, 5) is 12.2. The lowest BCUT2D eigenvalue weighted by Gasteiger charge is -2.27. The van der Waals surface area contributed by atoms with Crippen LogP contribution in [0, 0.1) is 0 Å². The molecule has 1 aliphatic heterocycles. The molecule has 4 nitrogen and oxygen atoms in total. The highest BCUT2D eigenvalue weighted by Crippen LogP contribution is 2.32. The second kappa shape index (κ2) is 2.88. The second-order valence-electron chi connectivity index (χ2n) is 3.18. The summed E-state index contributed by atoms with van der Waals surface area (Å²) < 4.78 is 24.7. The van der Waals surface area contributed by atoms with Crippen LogP contribution >= 0.6 is 11.3 Å².